The maximum atomic E-state index is 5.60. The van der Waals surface area contributed by atoms with E-state index in [9.17, 15) is 0 Å². The van der Waals surface area contributed by atoms with Crippen molar-refractivity contribution in [3.63, 3.8) is 0 Å². The van der Waals surface area contributed by atoms with Crippen LogP contribution >= 0.6 is 0 Å². The predicted octanol–water partition coefficient (Wildman–Crippen LogP) is 1.96. The second-order valence-corrected chi connectivity index (χ2v) is 4.02. The summed E-state index contributed by atoms with van der Waals surface area (Å²) < 4.78 is 2.02. The number of nitrogen functional groups attached to an aromatic ring is 1. The fourth-order valence-electron chi connectivity index (χ4n) is 1.85. The first-order valence-corrected chi connectivity index (χ1v) is 5.05. The van der Waals surface area contributed by atoms with Crippen LogP contribution in [0.1, 0.15) is 31.4 Å². The van der Waals surface area contributed by atoms with Crippen LogP contribution in [0.15, 0.2) is 6.07 Å². The van der Waals surface area contributed by atoms with E-state index in [1.54, 1.807) is 0 Å². The van der Waals surface area contributed by atoms with Gasteiger partial charge < -0.3 is 5.73 Å². The molecule has 1 saturated carbocycles. The third-order valence-electron chi connectivity index (χ3n) is 2.97. The average Bonchev–Trinajstić information content (AvgIpc) is 2.27. The molecule has 2 rings (SSSR count). The number of aromatic nitrogens is 2. The fourth-order valence-corrected chi connectivity index (χ4v) is 1.85. The van der Waals surface area contributed by atoms with Crippen molar-refractivity contribution in [1.29, 1.82) is 0 Å². The molecule has 0 aliphatic heterocycles. The lowest BCUT2D eigenvalue weighted by Crippen LogP contribution is -2.15. The second-order valence-electron chi connectivity index (χ2n) is 4.02. The van der Waals surface area contributed by atoms with Gasteiger partial charge in [0, 0.05) is 18.3 Å². The van der Waals surface area contributed by atoms with E-state index >= 15 is 0 Å². The van der Waals surface area contributed by atoms with Gasteiger partial charge in [-0.25, -0.2) is 0 Å². The standard InChI is InChI=1S/C10H17N3/c1-8-7-10(11)12-13(8)6-5-9-3-2-4-9/h7,9H,2-6H2,1H3,(H2,11,12). The molecule has 1 aliphatic rings. The summed E-state index contributed by atoms with van der Waals surface area (Å²) in [5.74, 6) is 1.59. The Morgan fingerprint density at radius 3 is 2.85 bits per heavy atom. The van der Waals surface area contributed by atoms with Crippen LogP contribution in [0.4, 0.5) is 5.82 Å². The van der Waals surface area contributed by atoms with E-state index in [-0.39, 0.29) is 0 Å². The van der Waals surface area contributed by atoms with Crippen molar-refractivity contribution >= 4 is 5.82 Å². The summed E-state index contributed by atoms with van der Waals surface area (Å²) in [6.45, 7) is 3.10. The van der Waals surface area contributed by atoms with Gasteiger partial charge in [0.1, 0.15) is 5.82 Å². The zero-order valence-electron chi connectivity index (χ0n) is 8.16. The lowest BCUT2D eigenvalue weighted by molar-refractivity contribution is 0.277. The molecule has 3 heteroatoms. The normalized spacial score (nSPS) is 17.3. The first-order valence-electron chi connectivity index (χ1n) is 5.05. The Kier molecular flexibility index (Phi) is 2.25. The van der Waals surface area contributed by atoms with Gasteiger partial charge in [0.25, 0.3) is 0 Å². The molecule has 0 bridgehead atoms. The minimum atomic E-state index is 0.645. The SMILES string of the molecule is Cc1cc(N)nn1CCC1CCC1. The highest BCUT2D eigenvalue weighted by Gasteiger charge is 2.17. The van der Waals surface area contributed by atoms with Crippen molar-refractivity contribution in [2.45, 2.75) is 39.2 Å². The Morgan fingerprint density at radius 2 is 2.38 bits per heavy atom. The lowest BCUT2D eigenvalue weighted by Gasteiger charge is -2.25. The van der Waals surface area contributed by atoms with Crippen LogP contribution in [0.5, 0.6) is 0 Å². The molecule has 0 atom stereocenters. The average molecular weight is 179 g/mol. The van der Waals surface area contributed by atoms with E-state index in [0.29, 0.717) is 5.82 Å². The summed E-state index contributed by atoms with van der Waals surface area (Å²) in [6, 6.07) is 1.93. The largest absolute Gasteiger partial charge is 0.382 e. The third kappa shape index (κ3) is 1.85. The third-order valence-corrected chi connectivity index (χ3v) is 2.97. The van der Waals surface area contributed by atoms with Crippen LogP contribution in [0.3, 0.4) is 0 Å². The van der Waals surface area contributed by atoms with Crippen molar-refractivity contribution in [3.8, 4) is 0 Å². The van der Waals surface area contributed by atoms with Crippen molar-refractivity contribution in [1.82, 2.24) is 9.78 Å². The Morgan fingerprint density at radius 1 is 1.62 bits per heavy atom. The quantitative estimate of drug-likeness (QED) is 0.770. The number of hydrogen-bond acceptors (Lipinski definition) is 2. The summed E-state index contributed by atoms with van der Waals surface area (Å²) in [6.07, 6.45) is 5.51. The number of aryl methyl sites for hydroxylation is 2. The molecule has 0 radical (unpaired) electrons. The summed E-state index contributed by atoms with van der Waals surface area (Å²) in [5.41, 5.74) is 6.78. The molecule has 13 heavy (non-hydrogen) atoms. The lowest BCUT2D eigenvalue weighted by atomic mass is 9.83. The zero-order chi connectivity index (χ0) is 9.26. The molecule has 2 N–H and O–H groups in total. The van der Waals surface area contributed by atoms with Crippen molar-refractivity contribution in [2.24, 2.45) is 5.92 Å². The zero-order valence-corrected chi connectivity index (χ0v) is 8.16. The van der Waals surface area contributed by atoms with Gasteiger partial charge in [0.15, 0.2) is 0 Å². The number of hydrogen-bond donors (Lipinski definition) is 1. The maximum Gasteiger partial charge on any atom is 0.145 e. The molecular weight excluding hydrogens is 162 g/mol. The molecule has 0 saturated heterocycles. The van der Waals surface area contributed by atoms with Gasteiger partial charge in [-0.1, -0.05) is 19.3 Å². The first kappa shape index (κ1) is 8.60. The van der Waals surface area contributed by atoms with Crippen molar-refractivity contribution in [3.05, 3.63) is 11.8 Å². The number of rotatable bonds is 3. The van der Waals surface area contributed by atoms with Gasteiger partial charge in [-0.05, 0) is 19.3 Å². The molecule has 0 amide bonds. The molecular formula is C10H17N3. The van der Waals surface area contributed by atoms with Crippen molar-refractivity contribution in [2.75, 3.05) is 5.73 Å². The smallest absolute Gasteiger partial charge is 0.145 e. The van der Waals surface area contributed by atoms with Gasteiger partial charge in [-0.2, -0.15) is 5.10 Å². The maximum absolute atomic E-state index is 5.60. The minimum Gasteiger partial charge on any atom is -0.382 e. The summed E-state index contributed by atoms with van der Waals surface area (Å²) in [7, 11) is 0. The molecule has 3 nitrogen and oxygen atoms in total. The number of anilines is 1. The Bertz CT molecular complexity index is 286. The first-order chi connectivity index (χ1) is 6.25. The Balaban J connectivity index is 1.89. The van der Waals surface area contributed by atoms with Crippen LogP contribution in [-0.4, -0.2) is 9.78 Å². The molecule has 0 aromatic carbocycles. The topological polar surface area (TPSA) is 43.8 Å². The number of nitrogens with zero attached hydrogens (tertiary/aromatic N) is 2. The highest BCUT2D eigenvalue weighted by Crippen LogP contribution is 2.29. The van der Waals surface area contributed by atoms with Crippen molar-refractivity contribution < 1.29 is 0 Å². The highest BCUT2D eigenvalue weighted by molar-refractivity contribution is 5.28. The molecule has 0 spiro atoms. The summed E-state index contributed by atoms with van der Waals surface area (Å²) in [5, 5.41) is 4.24. The molecule has 1 aromatic heterocycles. The van der Waals surface area contributed by atoms with Crippen LogP contribution in [0.25, 0.3) is 0 Å². The van der Waals surface area contributed by atoms with Gasteiger partial charge in [0.05, 0.1) is 0 Å². The molecule has 1 aromatic rings. The van der Waals surface area contributed by atoms with E-state index in [1.807, 2.05) is 10.7 Å². The molecule has 1 fully saturated rings. The van der Waals surface area contributed by atoms with Gasteiger partial charge >= 0.3 is 0 Å². The van der Waals surface area contributed by atoms with Crippen LogP contribution in [0, 0.1) is 12.8 Å². The summed E-state index contributed by atoms with van der Waals surface area (Å²) >= 11 is 0. The highest BCUT2D eigenvalue weighted by atomic mass is 15.3. The van der Waals surface area contributed by atoms with E-state index in [0.717, 1.165) is 12.5 Å². The molecule has 1 aliphatic carbocycles. The Labute approximate surface area is 78.9 Å². The van der Waals surface area contributed by atoms with E-state index in [4.69, 9.17) is 5.73 Å². The number of nitrogens with two attached hydrogens (primary N) is 1. The predicted molar refractivity (Wildman–Crippen MR) is 53.3 cm³/mol. The van der Waals surface area contributed by atoms with Crippen LogP contribution in [-0.2, 0) is 6.54 Å². The van der Waals surface area contributed by atoms with Gasteiger partial charge in [-0.15, -0.1) is 0 Å². The van der Waals surface area contributed by atoms with E-state index in [2.05, 4.69) is 12.0 Å². The van der Waals surface area contributed by atoms with Gasteiger partial charge in [0.2, 0.25) is 0 Å². The molecule has 1 heterocycles. The Hall–Kier alpha value is -0.990. The van der Waals surface area contributed by atoms with Crippen LogP contribution in [0.2, 0.25) is 0 Å². The second kappa shape index (κ2) is 3.40. The van der Waals surface area contributed by atoms with E-state index in [1.165, 1.54) is 31.4 Å². The monoisotopic (exact) mass is 179 g/mol. The van der Waals surface area contributed by atoms with E-state index < -0.39 is 0 Å². The summed E-state index contributed by atoms with van der Waals surface area (Å²) in [4.78, 5) is 0. The molecule has 72 valence electrons. The van der Waals surface area contributed by atoms with Crippen LogP contribution < -0.4 is 5.73 Å². The minimum absolute atomic E-state index is 0.645. The fraction of sp³-hybridized carbons (Fsp3) is 0.700. The van der Waals surface area contributed by atoms with Gasteiger partial charge in [-0.3, -0.25) is 4.68 Å². The molecule has 0 unspecified atom stereocenters.